The van der Waals surface area contributed by atoms with E-state index in [1.54, 1.807) is 73.7 Å². The zero-order valence-electron chi connectivity index (χ0n) is 19.6. The number of ether oxygens (including phenoxy) is 2. The van der Waals surface area contributed by atoms with Crippen LogP contribution in [0.1, 0.15) is 28.4 Å². The van der Waals surface area contributed by atoms with Gasteiger partial charge >= 0.3 is 5.97 Å². The van der Waals surface area contributed by atoms with Crippen LogP contribution < -0.4 is 4.74 Å². The van der Waals surface area contributed by atoms with Gasteiger partial charge in [-0.15, -0.1) is 0 Å². The maximum Gasteiger partial charge on any atom is 0.344 e. The molecule has 3 aromatic carbocycles. The number of aliphatic hydroxyl groups excluding tert-OH is 1. The number of rotatable bonds is 7. The minimum atomic E-state index is -0.766. The lowest BCUT2D eigenvalue weighted by Gasteiger charge is -2.11. The Morgan fingerprint density at radius 1 is 1.03 bits per heavy atom. The number of hydrogen-bond acceptors (Lipinski definition) is 6. The summed E-state index contributed by atoms with van der Waals surface area (Å²) >= 11 is 13.2. The highest BCUT2D eigenvalue weighted by Crippen LogP contribution is 2.40. The Kier molecular flexibility index (Phi) is 8.71. The predicted molar refractivity (Wildman–Crippen MR) is 147 cm³/mol. The molecule has 0 spiro atoms. The highest BCUT2D eigenvalue weighted by molar-refractivity contribution is 8.18. The predicted octanol–water partition coefficient (Wildman–Crippen LogP) is 7.27. The maximum atomic E-state index is 12.7. The van der Waals surface area contributed by atoms with Gasteiger partial charge in [0, 0.05) is 26.7 Å². The van der Waals surface area contributed by atoms with Crippen molar-refractivity contribution in [2.45, 2.75) is 13.5 Å². The number of esters is 1. The van der Waals surface area contributed by atoms with Gasteiger partial charge in [-0.3, -0.25) is 4.79 Å². The van der Waals surface area contributed by atoms with Crippen LogP contribution in [0.3, 0.4) is 0 Å². The van der Waals surface area contributed by atoms with Crippen LogP contribution in [0, 0.1) is 0 Å². The molecular formula is C28H21Cl2NO5S. The molecule has 1 amide bonds. The fourth-order valence-electron chi connectivity index (χ4n) is 3.40. The number of aliphatic imine (C=N–C) groups is 1. The fraction of sp³-hybridized carbons (Fsp3) is 0.107. The van der Waals surface area contributed by atoms with E-state index in [-0.39, 0.29) is 29.6 Å². The molecule has 0 atom stereocenters. The molecule has 9 heteroatoms. The van der Waals surface area contributed by atoms with E-state index in [2.05, 4.69) is 4.99 Å². The lowest BCUT2D eigenvalue weighted by molar-refractivity contribution is -0.138. The molecule has 0 radical (unpaired) electrons. The summed E-state index contributed by atoms with van der Waals surface area (Å²) < 4.78 is 11.1. The van der Waals surface area contributed by atoms with Crippen molar-refractivity contribution < 1.29 is 24.2 Å². The van der Waals surface area contributed by atoms with Crippen LogP contribution in [0.15, 0.2) is 94.0 Å². The number of aliphatic hydroxyl groups is 1. The van der Waals surface area contributed by atoms with E-state index in [1.165, 1.54) is 0 Å². The second-order valence-corrected chi connectivity index (χ2v) is 9.58. The molecule has 188 valence electrons. The summed E-state index contributed by atoms with van der Waals surface area (Å²) in [5, 5.41) is 12.0. The zero-order valence-corrected chi connectivity index (χ0v) is 21.9. The van der Waals surface area contributed by atoms with Gasteiger partial charge in [-0.05, 0) is 43.3 Å². The van der Waals surface area contributed by atoms with Gasteiger partial charge in [0.05, 0.1) is 11.5 Å². The number of para-hydroxylation sites is 1. The Morgan fingerprint density at radius 2 is 1.76 bits per heavy atom. The Morgan fingerprint density at radius 3 is 2.49 bits per heavy atom. The highest BCUT2D eigenvalue weighted by Gasteiger charge is 2.34. The number of amides is 1. The maximum absolute atomic E-state index is 12.7. The zero-order chi connectivity index (χ0) is 26.4. The summed E-state index contributed by atoms with van der Waals surface area (Å²) in [7, 11) is 0. The molecule has 1 heterocycles. The molecule has 0 saturated carbocycles. The van der Waals surface area contributed by atoms with E-state index in [9.17, 15) is 14.7 Å². The van der Waals surface area contributed by atoms with Gasteiger partial charge in [0.25, 0.3) is 5.91 Å². The van der Waals surface area contributed by atoms with Crippen molar-refractivity contribution in [3.63, 3.8) is 0 Å². The average molecular weight is 554 g/mol. The number of carbonyl (C=O) groups excluding carboxylic acids is 2. The van der Waals surface area contributed by atoms with Crippen LogP contribution in [0.25, 0.3) is 6.08 Å². The third kappa shape index (κ3) is 6.43. The van der Waals surface area contributed by atoms with Gasteiger partial charge in [-0.1, -0.05) is 77.4 Å². The van der Waals surface area contributed by atoms with E-state index in [1.807, 2.05) is 12.1 Å². The highest BCUT2D eigenvalue weighted by atomic mass is 35.5. The first-order valence-electron chi connectivity index (χ1n) is 11.2. The second-order valence-electron chi connectivity index (χ2n) is 7.71. The second kappa shape index (κ2) is 12.1. The number of hydrogen-bond donors (Lipinski definition) is 1. The lowest BCUT2D eigenvalue weighted by atomic mass is 10.1. The van der Waals surface area contributed by atoms with E-state index < -0.39 is 11.9 Å². The van der Waals surface area contributed by atoms with E-state index in [0.29, 0.717) is 31.8 Å². The minimum Gasteiger partial charge on any atom is -0.506 e. The molecule has 0 saturated heterocycles. The molecule has 0 aromatic heterocycles. The number of carbonyl (C=O) groups is 2. The molecule has 4 rings (SSSR count). The van der Waals surface area contributed by atoms with Crippen molar-refractivity contribution in [3.05, 3.63) is 116 Å². The summed E-state index contributed by atoms with van der Waals surface area (Å²) in [4.78, 5) is 29.8. The van der Waals surface area contributed by atoms with Crippen LogP contribution in [-0.4, -0.2) is 28.6 Å². The molecule has 1 aliphatic heterocycles. The van der Waals surface area contributed by atoms with Crippen molar-refractivity contribution in [3.8, 4) is 5.75 Å². The summed E-state index contributed by atoms with van der Waals surface area (Å²) in [6, 6.07) is 20.8. The molecule has 1 N–H and O–H groups in total. The van der Waals surface area contributed by atoms with Gasteiger partial charge < -0.3 is 14.6 Å². The first-order valence-corrected chi connectivity index (χ1v) is 12.8. The van der Waals surface area contributed by atoms with Crippen molar-refractivity contribution in [1.82, 2.24) is 0 Å². The molecule has 6 nitrogen and oxygen atoms in total. The Bertz CT molecular complexity index is 1430. The van der Waals surface area contributed by atoms with Crippen molar-refractivity contribution in [2.75, 3.05) is 6.61 Å². The third-order valence-corrected chi connectivity index (χ3v) is 6.80. The van der Waals surface area contributed by atoms with Crippen LogP contribution in [0.5, 0.6) is 5.75 Å². The number of nitrogens with zero attached hydrogens (tertiary/aromatic N) is 1. The van der Waals surface area contributed by atoms with Gasteiger partial charge in [-0.25, -0.2) is 9.79 Å². The SMILES string of the molecule is CCOC(=O)C1=C(O)/C(=C\c2ccccc2OCc2ccc(Cl)cc2Cl)SC1=NC(=O)c1ccccc1. The van der Waals surface area contributed by atoms with Crippen molar-refractivity contribution >= 4 is 58.0 Å². The number of benzene rings is 3. The Hall–Kier alpha value is -3.52. The molecular weight excluding hydrogens is 533 g/mol. The molecule has 0 aliphatic carbocycles. The van der Waals surface area contributed by atoms with Crippen LogP contribution >= 0.6 is 35.0 Å². The smallest absolute Gasteiger partial charge is 0.344 e. The first-order chi connectivity index (χ1) is 17.9. The van der Waals surface area contributed by atoms with E-state index >= 15 is 0 Å². The van der Waals surface area contributed by atoms with E-state index in [0.717, 1.165) is 17.3 Å². The summed E-state index contributed by atoms with van der Waals surface area (Å²) in [6.07, 6.45) is 1.66. The Labute approximate surface area is 228 Å². The van der Waals surface area contributed by atoms with E-state index in [4.69, 9.17) is 32.7 Å². The molecule has 0 unspecified atom stereocenters. The van der Waals surface area contributed by atoms with Gasteiger partial charge in [0.15, 0.2) is 0 Å². The lowest BCUT2D eigenvalue weighted by Crippen LogP contribution is -2.14. The average Bonchev–Trinajstić information content (AvgIpc) is 3.19. The number of halogens is 2. The largest absolute Gasteiger partial charge is 0.506 e. The molecule has 1 aliphatic rings. The van der Waals surface area contributed by atoms with Crippen LogP contribution in [0.2, 0.25) is 10.0 Å². The van der Waals surface area contributed by atoms with Crippen LogP contribution in [0.4, 0.5) is 0 Å². The molecule has 0 bridgehead atoms. The van der Waals surface area contributed by atoms with Crippen molar-refractivity contribution in [2.24, 2.45) is 4.99 Å². The summed E-state index contributed by atoms with van der Waals surface area (Å²) in [6.45, 7) is 1.95. The quantitative estimate of drug-likeness (QED) is 0.309. The fourth-order valence-corrected chi connectivity index (χ4v) is 4.86. The summed E-state index contributed by atoms with van der Waals surface area (Å²) in [5.41, 5.74) is 1.59. The third-order valence-electron chi connectivity index (χ3n) is 5.20. The topological polar surface area (TPSA) is 85.2 Å². The van der Waals surface area contributed by atoms with Crippen molar-refractivity contribution in [1.29, 1.82) is 0 Å². The van der Waals surface area contributed by atoms with Gasteiger partial charge in [0.1, 0.15) is 28.7 Å². The van der Waals surface area contributed by atoms with Gasteiger partial charge in [0.2, 0.25) is 0 Å². The summed E-state index contributed by atoms with van der Waals surface area (Å²) in [5.74, 6) is -1.10. The molecule has 0 fully saturated rings. The Balaban J connectivity index is 1.65. The van der Waals surface area contributed by atoms with Crippen LogP contribution in [-0.2, 0) is 16.1 Å². The molecule has 3 aromatic rings. The minimum absolute atomic E-state index is 0.0578. The van der Waals surface area contributed by atoms with Gasteiger partial charge in [-0.2, -0.15) is 0 Å². The number of thioether (sulfide) groups is 1. The first kappa shape index (κ1) is 26.5. The monoisotopic (exact) mass is 553 g/mol. The molecule has 37 heavy (non-hydrogen) atoms. The normalized spacial score (nSPS) is 15.3. The standard InChI is InChI=1S/C28H21Cl2NO5S/c1-2-35-28(34)24-25(32)23(37-27(24)31-26(33)17-8-4-3-5-9-17)14-18-10-6-7-11-22(18)36-16-19-12-13-20(29)15-21(19)30/h3-15,32H,2,16H2,1H3/b23-14+,31-27?.